The molecule has 0 radical (unpaired) electrons. The second-order valence-corrected chi connectivity index (χ2v) is 6.12. The number of nitrogens with zero attached hydrogens (tertiary/aromatic N) is 5. The van der Waals surface area contributed by atoms with Gasteiger partial charge in [-0.25, -0.2) is 9.67 Å². The van der Waals surface area contributed by atoms with E-state index < -0.39 is 0 Å². The Hall–Kier alpha value is -3.07. The fraction of sp³-hybridized carbons (Fsp3) is 0.125. The van der Waals surface area contributed by atoms with E-state index in [4.69, 9.17) is 15.9 Å². The molecule has 0 fully saturated rings. The maximum atomic E-state index is 5.87. The Kier molecular flexibility index (Phi) is 3.57. The molecule has 9 heteroatoms. The lowest BCUT2D eigenvalue weighted by atomic mass is 10.1. The predicted octanol–water partition coefficient (Wildman–Crippen LogP) is 2.29. The highest BCUT2D eigenvalue weighted by atomic mass is 32.1. The average Bonchev–Trinajstić information content (AvgIpc) is 3.17. The molecule has 0 saturated carbocycles. The standard InChI is InChI=1S/C16H15N7OS/c1-8-6-9(2-3-10(8)17)7-23-15-14(21-22-23)13(19-16(18)20-15)11-4-5-12(25)24-11/h2-6,25H,7,17H2,1H3,(H2,18,19,20). The summed E-state index contributed by atoms with van der Waals surface area (Å²) >= 11 is 4.17. The van der Waals surface area contributed by atoms with Crippen LogP contribution in [-0.4, -0.2) is 25.0 Å². The molecule has 0 saturated heterocycles. The van der Waals surface area contributed by atoms with Crippen LogP contribution in [0.3, 0.4) is 0 Å². The van der Waals surface area contributed by atoms with E-state index in [2.05, 4.69) is 32.9 Å². The molecule has 0 spiro atoms. The van der Waals surface area contributed by atoms with Crippen LogP contribution in [0.4, 0.5) is 11.6 Å². The molecule has 0 unspecified atom stereocenters. The first-order valence-corrected chi connectivity index (χ1v) is 7.97. The van der Waals surface area contributed by atoms with Gasteiger partial charge in [0.15, 0.2) is 22.0 Å². The average molecular weight is 353 g/mol. The number of fused-ring (bicyclic) bond motifs is 1. The van der Waals surface area contributed by atoms with Gasteiger partial charge in [-0.15, -0.1) is 17.7 Å². The Balaban J connectivity index is 1.81. The molecule has 126 valence electrons. The van der Waals surface area contributed by atoms with E-state index in [1.54, 1.807) is 16.8 Å². The van der Waals surface area contributed by atoms with Crippen molar-refractivity contribution in [2.75, 3.05) is 11.5 Å². The van der Waals surface area contributed by atoms with Crippen molar-refractivity contribution in [3.05, 3.63) is 41.5 Å². The lowest BCUT2D eigenvalue weighted by Crippen LogP contribution is -2.05. The summed E-state index contributed by atoms with van der Waals surface area (Å²) in [5, 5.41) is 8.87. The molecule has 3 aromatic heterocycles. The van der Waals surface area contributed by atoms with E-state index in [1.165, 1.54) is 0 Å². The summed E-state index contributed by atoms with van der Waals surface area (Å²) in [6.07, 6.45) is 0. The highest BCUT2D eigenvalue weighted by Gasteiger charge is 2.17. The maximum absolute atomic E-state index is 5.87. The van der Waals surface area contributed by atoms with Crippen LogP contribution in [0.2, 0.25) is 0 Å². The Morgan fingerprint density at radius 2 is 2.00 bits per heavy atom. The van der Waals surface area contributed by atoms with E-state index >= 15 is 0 Å². The number of benzene rings is 1. The van der Waals surface area contributed by atoms with Crippen molar-refractivity contribution in [2.24, 2.45) is 0 Å². The Labute approximate surface area is 148 Å². The second kappa shape index (κ2) is 5.78. The molecule has 4 rings (SSSR count). The lowest BCUT2D eigenvalue weighted by Gasteiger charge is -2.06. The topological polar surface area (TPSA) is 122 Å². The summed E-state index contributed by atoms with van der Waals surface area (Å²) in [6.45, 7) is 2.45. The van der Waals surface area contributed by atoms with Crippen molar-refractivity contribution in [3.63, 3.8) is 0 Å². The molecule has 25 heavy (non-hydrogen) atoms. The molecule has 8 nitrogen and oxygen atoms in total. The highest BCUT2D eigenvalue weighted by Crippen LogP contribution is 2.28. The minimum absolute atomic E-state index is 0.122. The number of rotatable bonds is 3. The zero-order valence-electron chi connectivity index (χ0n) is 13.3. The molecule has 0 aliphatic rings. The summed E-state index contributed by atoms with van der Waals surface area (Å²) in [7, 11) is 0. The van der Waals surface area contributed by atoms with Gasteiger partial charge in [0, 0.05) is 5.69 Å². The molecule has 4 aromatic rings. The molecule has 0 aliphatic heterocycles. The maximum Gasteiger partial charge on any atom is 0.222 e. The zero-order chi connectivity index (χ0) is 17.6. The summed E-state index contributed by atoms with van der Waals surface area (Å²) in [5.74, 6) is 0.635. The van der Waals surface area contributed by atoms with Gasteiger partial charge in [-0.3, -0.25) is 0 Å². The van der Waals surface area contributed by atoms with Crippen LogP contribution in [-0.2, 0) is 6.54 Å². The van der Waals surface area contributed by atoms with Crippen LogP contribution >= 0.6 is 12.6 Å². The number of nitrogen functional groups attached to an aromatic ring is 2. The van der Waals surface area contributed by atoms with Gasteiger partial charge in [-0.1, -0.05) is 17.3 Å². The third-order valence-electron chi connectivity index (χ3n) is 3.87. The predicted molar refractivity (Wildman–Crippen MR) is 97.2 cm³/mol. The van der Waals surface area contributed by atoms with Crippen LogP contribution in [0.25, 0.3) is 22.6 Å². The van der Waals surface area contributed by atoms with Crippen molar-refractivity contribution < 1.29 is 4.42 Å². The third kappa shape index (κ3) is 2.78. The largest absolute Gasteiger partial charge is 0.448 e. The van der Waals surface area contributed by atoms with Crippen molar-refractivity contribution in [3.8, 4) is 11.5 Å². The molecule has 0 aliphatic carbocycles. The number of hydrogen-bond donors (Lipinski definition) is 3. The number of hydrogen-bond acceptors (Lipinski definition) is 8. The first-order valence-electron chi connectivity index (χ1n) is 7.52. The van der Waals surface area contributed by atoms with Gasteiger partial charge < -0.3 is 15.9 Å². The summed E-state index contributed by atoms with van der Waals surface area (Å²) in [4.78, 5) is 8.52. The Bertz CT molecular complexity index is 1090. The number of thiol groups is 1. The van der Waals surface area contributed by atoms with Gasteiger partial charge in [0.2, 0.25) is 5.95 Å². The Morgan fingerprint density at radius 1 is 1.16 bits per heavy atom. The number of nitrogens with two attached hydrogens (primary N) is 2. The molecule has 0 bridgehead atoms. The van der Waals surface area contributed by atoms with E-state index in [0.717, 1.165) is 16.8 Å². The first-order chi connectivity index (χ1) is 12.0. The zero-order valence-corrected chi connectivity index (χ0v) is 14.2. The van der Waals surface area contributed by atoms with Crippen LogP contribution in [0.15, 0.2) is 39.8 Å². The molecule has 0 atom stereocenters. The van der Waals surface area contributed by atoms with Gasteiger partial charge in [-0.05, 0) is 36.2 Å². The smallest absolute Gasteiger partial charge is 0.222 e. The van der Waals surface area contributed by atoms with Crippen molar-refractivity contribution >= 4 is 35.4 Å². The number of anilines is 2. The Morgan fingerprint density at radius 3 is 2.72 bits per heavy atom. The number of aromatic nitrogens is 5. The van der Waals surface area contributed by atoms with E-state index in [9.17, 15) is 0 Å². The van der Waals surface area contributed by atoms with Gasteiger partial charge >= 0.3 is 0 Å². The molecule has 3 heterocycles. The molecule has 1 aromatic carbocycles. The summed E-state index contributed by atoms with van der Waals surface area (Å²) < 4.78 is 7.19. The summed E-state index contributed by atoms with van der Waals surface area (Å²) in [5.41, 5.74) is 16.1. The normalized spacial score (nSPS) is 11.3. The van der Waals surface area contributed by atoms with E-state index in [1.807, 2.05) is 25.1 Å². The SMILES string of the molecule is Cc1cc(Cn2nnc3c(-c4ccc(S)o4)nc(N)nc32)ccc1N. The molecular weight excluding hydrogens is 338 g/mol. The third-order valence-corrected chi connectivity index (χ3v) is 4.11. The van der Waals surface area contributed by atoms with Crippen LogP contribution < -0.4 is 11.5 Å². The highest BCUT2D eigenvalue weighted by molar-refractivity contribution is 7.80. The van der Waals surface area contributed by atoms with Gasteiger partial charge in [-0.2, -0.15) is 4.98 Å². The monoisotopic (exact) mass is 353 g/mol. The van der Waals surface area contributed by atoms with Crippen molar-refractivity contribution in [1.82, 2.24) is 25.0 Å². The van der Waals surface area contributed by atoms with Gasteiger partial charge in [0.25, 0.3) is 0 Å². The van der Waals surface area contributed by atoms with Gasteiger partial charge in [0.1, 0.15) is 5.69 Å². The molecular formula is C16H15N7OS. The minimum atomic E-state index is 0.122. The fourth-order valence-corrected chi connectivity index (χ4v) is 2.79. The van der Waals surface area contributed by atoms with Crippen molar-refractivity contribution in [2.45, 2.75) is 18.6 Å². The van der Waals surface area contributed by atoms with Gasteiger partial charge in [0.05, 0.1) is 6.54 Å². The van der Waals surface area contributed by atoms with Crippen LogP contribution in [0.1, 0.15) is 11.1 Å². The lowest BCUT2D eigenvalue weighted by molar-refractivity contribution is 0.489. The van der Waals surface area contributed by atoms with Crippen molar-refractivity contribution in [1.29, 1.82) is 0 Å². The number of aryl methyl sites for hydroxylation is 1. The molecule has 0 amide bonds. The van der Waals surface area contributed by atoms with E-state index in [0.29, 0.717) is 34.3 Å². The number of furan rings is 1. The summed E-state index contributed by atoms with van der Waals surface area (Å²) in [6, 6.07) is 9.31. The second-order valence-electron chi connectivity index (χ2n) is 5.68. The van der Waals surface area contributed by atoms with Crippen LogP contribution in [0, 0.1) is 6.92 Å². The minimum Gasteiger partial charge on any atom is -0.448 e. The molecule has 4 N–H and O–H groups in total. The first kappa shape index (κ1) is 15.5. The quantitative estimate of drug-likeness (QED) is 0.381. The van der Waals surface area contributed by atoms with E-state index in [-0.39, 0.29) is 5.95 Å². The van der Waals surface area contributed by atoms with Crippen LogP contribution in [0.5, 0.6) is 0 Å². The fourth-order valence-electron chi connectivity index (χ4n) is 2.62.